The number of amides is 1. The van der Waals surface area contributed by atoms with Gasteiger partial charge in [-0.05, 0) is 37.3 Å². The number of carbonyl (C=O) groups is 2. The zero-order valence-corrected chi connectivity index (χ0v) is 14.9. The lowest BCUT2D eigenvalue weighted by molar-refractivity contribution is -0.149. The van der Waals surface area contributed by atoms with E-state index >= 15 is 0 Å². The fourth-order valence-electron chi connectivity index (χ4n) is 2.19. The van der Waals surface area contributed by atoms with Gasteiger partial charge in [-0.2, -0.15) is 0 Å². The van der Waals surface area contributed by atoms with Gasteiger partial charge in [0.05, 0.1) is 26.4 Å². The number of alkyl carbamates (subject to hydrolysis) is 1. The van der Waals surface area contributed by atoms with Crippen LogP contribution in [0.4, 0.5) is 4.79 Å². The molecule has 1 saturated heterocycles. The first-order valence-electron chi connectivity index (χ1n) is 6.99. The van der Waals surface area contributed by atoms with Crippen molar-refractivity contribution in [2.24, 2.45) is 5.92 Å². The molecule has 0 aromatic heterocycles. The molecule has 22 heavy (non-hydrogen) atoms. The molecule has 1 heterocycles. The summed E-state index contributed by atoms with van der Waals surface area (Å²) in [7, 11) is 2.52. The molecule has 8 heteroatoms. The summed E-state index contributed by atoms with van der Waals surface area (Å²) in [6.07, 6.45) is -0.494. The van der Waals surface area contributed by atoms with E-state index in [4.69, 9.17) is 4.74 Å². The normalized spacial score (nSPS) is 18.9. The minimum Gasteiger partial charge on any atom is -0.469 e. The maximum absolute atomic E-state index is 12.0. The molecule has 1 aliphatic rings. The van der Waals surface area contributed by atoms with Crippen molar-refractivity contribution in [2.45, 2.75) is 32.4 Å². The maximum atomic E-state index is 12.0. The fraction of sp³-hybridized carbons (Fsp3) is 0.714. The lowest BCUT2D eigenvalue weighted by atomic mass is 9.90. The molecule has 0 aliphatic carbocycles. The number of aliphatic hydroxyl groups excluding tert-OH is 1. The maximum Gasteiger partial charge on any atom is 0.407 e. The number of hydrogen-bond donors (Lipinski definition) is 2. The summed E-state index contributed by atoms with van der Waals surface area (Å²) in [5, 5.41) is 12.6. The molecule has 0 radical (unpaired) electrons. The van der Waals surface area contributed by atoms with Gasteiger partial charge >= 0.3 is 12.1 Å². The topological polar surface area (TPSA) is 84.9 Å². The molecule has 1 fully saturated rings. The third kappa shape index (κ3) is 5.10. The monoisotopic (exact) mass is 349 g/mol. The number of thioether (sulfide) groups is 2. The van der Waals surface area contributed by atoms with E-state index in [-0.39, 0.29) is 0 Å². The number of esters is 1. The highest BCUT2D eigenvalue weighted by Crippen LogP contribution is 2.39. The molecule has 0 aromatic rings. The average molecular weight is 349 g/mol. The van der Waals surface area contributed by atoms with E-state index in [1.165, 1.54) is 21.1 Å². The van der Waals surface area contributed by atoms with Crippen molar-refractivity contribution in [3.05, 3.63) is 9.81 Å². The largest absolute Gasteiger partial charge is 0.469 e. The number of carbonyl (C=O) groups excluding carboxylic acids is 2. The molecule has 0 bridgehead atoms. The van der Waals surface area contributed by atoms with Gasteiger partial charge in [0, 0.05) is 4.24 Å². The predicted molar refractivity (Wildman–Crippen MR) is 88.7 cm³/mol. The van der Waals surface area contributed by atoms with Crippen molar-refractivity contribution >= 4 is 35.6 Å². The van der Waals surface area contributed by atoms with Crippen LogP contribution < -0.4 is 5.32 Å². The van der Waals surface area contributed by atoms with Crippen molar-refractivity contribution in [3.8, 4) is 0 Å². The summed E-state index contributed by atoms with van der Waals surface area (Å²) in [5.41, 5.74) is 0.844. The first kappa shape index (κ1) is 19.2. The molecule has 1 rings (SSSR count). The van der Waals surface area contributed by atoms with Gasteiger partial charge in [0.25, 0.3) is 0 Å². The van der Waals surface area contributed by atoms with Crippen LogP contribution in [0.2, 0.25) is 0 Å². The number of aliphatic hydroxyl groups is 1. The third-order valence-electron chi connectivity index (χ3n) is 3.35. The van der Waals surface area contributed by atoms with E-state index in [0.717, 1.165) is 27.7 Å². The van der Waals surface area contributed by atoms with Gasteiger partial charge in [-0.1, -0.05) is 0 Å². The van der Waals surface area contributed by atoms with Gasteiger partial charge in [0.1, 0.15) is 5.92 Å². The van der Waals surface area contributed by atoms with Gasteiger partial charge in [-0.25, -0.2) is 4.79 Å². The van der Waals surface area contributed by atoms with Crippen LogP contribution in [0.1, 0.15) is 20.3 Å². The fourth-order valence-corrected chi connectivity index (χ4v) is 4.86. The Morgan fingerprint density at radius 2 is 1.82 bits per heavy atom. The van der Waals surface area contributed by atoms with Gasteiger partial charge in [0.2, 0.25) is 0 Å². The highest BCUT2D eigenvalue weighted by atomic mass is 32.2. The summed E-state index contributed by atoms with van der Waals surface area (Å²) in [6.45, 7) is 3.37. The second-order valence-electron chi connectivity index (χ2n) is 4.92. The molecule has 2 unspecified atom stereocenters. The van der Waals surface area contributed by atoms with Crippen LogP contribution in [0.25, 0.3) is 0 Å². The van der Waals surface area contributed by atoms with Crippen molar-refractivity contribution < 1.29 is 24.2 Å². The van der Waals surface area contributed by atoms with E-state index in [1.807, 2.05) is 6.92 Å². The Balaban J connectivity index is 3.14. The molecule has 0 aromatic carbocycles. The summed E-state index contributed by atoms with van der Waals surface area (Å²) in [6, 6.07) is -0.673. The Bertz CT molecular complexity index is 431. The Morgan fingerprint density at radius 1 is 1.23 bits per heavy atom. The van der Waals surface area contributed by atoms with Crippen molar-refractivity contribution in [1.29, 1.82) is 0 Å². The van der Waals surface area contributed by atoms with E-state index in [9.17, 15) is 14.7 Å². The highest BCUT2D eigenvalue weighted by molar-refractivity contribution is 8.22. The second kappa shape index (κ2) is 9.32. The van der Waals surface area contributed by atoms with Crippen molar-refractivity contribution in [3.63, 3.8) is 0 Å². The van der Waals surface area contributed by atoms with Crippen molar-refractivity contribution in [2.75, 3.05) is 25.7 Å². The molecule has 1 amide bonds. The van der Waals surface area contributed by atoms with Crippen LogP contribution in [0, 0.1) is 5.92 Å². The molecule has 6 nitrogen and oxygen atoms in total. The van der Waals surface area contributed by atoms with Crippen LogP contribution >= 0.6 is 23.5 Å². The quantitative estimate of drug-likeness (QED) is 0.734. The molecule has 3 atom stereocenters. The zero-order valence-electron chi connectivity index (χ0n) is 13.3. The highest BCUT2D eigenvalue weighted by Gasteiger charge is 2.37. The van der Waals surface area contributed by atoms with Gasteiger partial charge in [-0.3, -0.25) is 4.79 Å². The molecule has 0 saturated carbocycles. The van der Waals surface area contributed by atoms with Crippen LogP contribution in [0.5, 0.6) is 0 Å². The standard InChI is InChI=1S/C14H23NO5S2/c1-8(13-21-6-5-7-22-13)11(15-14(18)20-4)10(9(2)16)12(17)19-3/h9-11,16H,5-7H2,1-4H3,(H,15,18)/t9-,10?,11?/m1/s1. The van der Waals surface area contributed by atoms with E-state index in [2.05, 4.69) is 10.1 Å². The van der Waals surface area contributed by atoms with Gasteiger partial charge in [0.15, 0.2) is 0 Å². The predicted octanol–water partition coefficient (Wildman–Crippen LogP) is 1.98. The molecule has 126 valence electrons. The van der Waals surface area contributed by atoms with Gasteiger partial charge < -0.3 is 19.9 Å². The first-order valence-corrected chi connectivity index (χ1v) is 8.96. The minimum absolute atomic E-state index is 0.567. The summed E-state index contributed by atoms with van der Waals surface area (Å²) >= 11 is 3.40. The number of hydrogen-bond acceptors (Lipinski definition) is 7. The minimum atomic E-state index is -0.969. The molecule has 0 spiro atoms. The summed E-state index contributed by atoms with van der Waals surface area (Å²) in [4.78, 5) is 23.7. The molecular weight excluding hydrogens is 326 g/mol. The Hall–Kier alpha value is -0.860. The Morgan fingerprint density at radius 3 is 2.27 bits per heavy atom. The van der Waals surface area contributed by atoms with Crippen molar-refractivity contribution in [1.82, 2.24) is 5.32 Å². The lowest BCUT2D eigenvalue weighted by Crippen LogP contribution is -2.49. The van der Waals surface area contributed by atoms with Gasteiger partial charge in [-0.15, -0.1) is 23.5 Å². The summed E-state index contributed by atoms with van der Waals surface area (Å²) < 4.78 is 10.5. The second-order valence-corrected chi connectivity index (χ2v) is 7.39. The molecule has 1 aliphatic heterocycles. The Kier molecular flexibility index (Phi) is 8.13. The molecule has 2 N–H and O–H groups in total. The zero-order chi connectivity index (χ0) is 16.7. The van der Waals surface area contributed by atoms with Crippen LogP contribution in [0.3, 0.4) is 0 Å². The SMILES string of the molecule is COC(=O)NC(C(C)=C1SCCCS1)C(C(=O)OC)[C@@H](C)O. The number of nitrogens with one attached hydrogen (secondary N) is 1. The van der Waals surface area contributed by atoms with E-state index in [0.29, 0.717) is 0 Å². The number of ether oxygens (including phenoxy) is 2. The summed E-state index contributed by atoms with van der Waals surface area (Å²) in [5.74, 6) is 0.548. The third-order valence-corrected chi connectivity index (χ3v) is 6.22. The van der Waals surface area contributed by atoms with Crippen LogP contribution in [0.15, 0.2) is 9.81 Å². The Labute approximate surface area is 139 Å². The number of methoxy groups -OCH3 is 2. The van der Waals surface area contributed by atoms with Crippen LogP contribution in [-0.4, -0.2) is 55.0 Å². The van der Waals surface area contributed by atoms with Crippen LogP contribution in [-0.2, 0) is 14.3 Å². The molecular formula is C14H23NO5S2. The number of rotatable bonds is 5. The van der Waals surface area contributed by atoms with E-state index < -0.39 is 30.1 Å². The first-order chi connectivity index (χ1) is 10.4. The smallest absolute Gasteiger partial charge is 0.407 e. The average Bonchev–Trinajstić information content (AvgIpc) is 2.53. The van der Waals surface area contributed by atoms with E-state index in [1.54, 1.807) is 23.5 Å². The lowest BCUT2D eigenvalue weighted by Gasteiger charge is -2.30.